The number of carboxylic acid groups (broad SMARTS) is 1. The summed E-state index contributed by atoms with van der Waals surface area (Å²) in [5.74, 6) is -1.42. The zero-order valence-electron chi connectivity index (χ0n) is 13.8. The molecule has 3 aromatic rings. The maximum atomic E-state index is 12.3. The Morgan fingerprint density at radius 2 is 2.00 bits per heavy atom. The number of carboxylic acids is 1. The highest BCUT2D eigenvalue weighted by molar-refractivity contribution is 6.31. The van der Waals surface area contributed by atoms with Gasteiger partial charge < -0.3 is 10.4 Å². The summed E-state index contributed by atoms with van der Waals surface area (Å²) in [6, 6.07) is 6.60. The number of hydrogen-bond donors (Lipinski definition) is 2. The topological polar surface area (TPSA) is 102 Å². The molecular formula is C17H16ClN5O3. The smallest absolute Gasteiger partial charge is 0.328 e. The number of halogens is 1. The Morgan fingerprint density at radius 3 is 2.73 bits per heavy atom. The minimum Gasteiger partial charge on any atom is -0.480 e. The van der Waals surface area contributed by atoms with Crippen molar-refractivity contribution in [1.82, 2.24) is 19.6 Å². The van der Waals surface area contributed by atoms with E-state index < -0.39 is 17.9 Å². The highest BCUT2D eigenvalue weighted by Gasteiger charge is 2.17. The second-order valence-electron chi connectivity index (χ2n) is 5.70. The molecule has 2 aromatic heterocycles. The molecule has 2 N–H and O–H groups in total. The summed E-state index contributed by atoms with van der Waals surface area (Å²) >= 11 is 6.13. The normalized spacial score (nSPS) is 11.9. The lowest BCUT2D eigenvalue weighted by Crippen LogP contribution is -2.16. The summed E-state index contributed by atoms with van der Waals surface area (Å²) in [6.07, 6.45) is 5.93. The Balaban J connectivity index is 1.66. The number of anilines is 1. The van der Waals surface area contributed by atoms with Gasteiger partial charge in [0.25, 0.3) is 5.91 Å². The van der Waals surface area contributed by atoms with Crippen LogP contribution in [0.2, 0.25) is 5.02 Å². The van der Waals surface area contributed by atoms with Crippen LogP contribution in [0.4, 0.5) is 5.69 Å². The summed E-state index contributed by atoms with van der Waals surface area (Å²) < 4.78 is 2.88. The Hall–Kier alpha value is -3.13. The van der Waals surface area contributed by atoms with Crippen LogP contribution in [-0.4, -0.2) is 36.5 Å². The first-order valence-corrected chi connectivity index (χ1v) is 8.16. The largest absolute Gasteiger partial charge is 0.480 e. The van der Waals surface area contributed by atoms with Gasteiger partial charge in [-0.3, -0.25) is 14.2 Å². The van der Waals surface area contributed by atoms with Gasteiger partial charge in [-0.1, -0.05) is 29.8 Å². The molecule has 0 spiro atoms. The minimum absolute atomic E-state index is 0.261. The molecule has 1 atom stereocenters. The lowest BCUT2D eigenvalue weighted by molar-refractivity contribution is -0.140. The van der Waals surface area contributed by atoms with Crippen LogP contribution < -0.4 is 5.32 Å². The van der Waals surface area contributed by atoms with E-state index in [1.165, 1.54) is 30.2 Å². The lowest BCUT2D eigenvalue weighted by Gasteiger charge is -2.05. The molecular weight excluding hydrogens is 358 g/mol. The third-order valence-corrected chi connectivity index (χ3v) is 4.17. The number of nitrogens with one attached hydrogen (secondary N) is 1. The van der Waals surface area contributed by atoms with Crippen molar-refractivity contribution >= 4 is 29.2 Å². The molecule has 0 aliphatic carbocycles. The molecule has 0 bridgehead atoms. The number of aromatic nitrogens is 4. The second-order valence-corrected chi connectivity index (χ2v) is 6.10. The molecule has 0 aliphatic rings. The predicted octanol–water partition coefficient (Wildman–Crippen LogP) is 2.68. The van der Waals surface area contributed by atoms with Crippen molar-refractivity contribution in [2.75, 3.05) is 5.32 Å². The number of carbonyl (C=O) groups is 2. The summed E-state index contributed by atoms with van der Waals surface area (Å²) in [4.78, 5) is 23.2. The molecule has 9 heteroatoms. The van der Waals surface area contributed by atoms with E-state index in [-0.39, 0.29) is 5.56 Å². The molecule has 0 saturated carbocycles. The Bertz CT molecular complexity index is 949. The standard InChI is InChI=1S/C17H16ClN5O3/c1-11(17(25)26)23-9-13(6-20-23)16(24)21-14-7-19-22(10-14)8-12-4-2-3-5-15(12)18/h2-7,9-11H,8H2,1H3,(H,21,24)(H,25,26). The van der Waals surface area contributed by atoms with Crippen LogP contribution in [-0.2, 0) is 11.3 Å². The molecule has 2 heterocycles. The van der Waals surface area contributed by atoms with E-state index in [0.717, 1.165) is 5.56 Å². The lowest BCUT2D eigenvalue weighted by atomic mass is 10.2. The zero-order valence-corrected chi connectivity index (χ0v) is 14.6. The first-order valence-electron chi connectivity index (χ1n) is 7.78. The number of nitrogens with zero attached hydrogens (tertiary/aromatic N) is 4. The number of carbonyl (C=O) groups excluding carboxylic acids is 1. The molecule has 0 aliphatic heterocycles. The maximum absolute atomic E-state index is 12.3. The van der Waals surface area contributed by atoms with Crippen LogP contribution in [0.25, 0.3) is 0 Å². The molecule has 0 fully saturated rings. The van der Waals surface area contributed by atoms with Crippen LogP contribution in [0.3, 0.4) is 0 Å². The molecule has 8 nitrogen and oxygen atoms in total. The van der Waals surface area contributed by atoms with Crippen molar-refractivity contribution in [3.05, 3.63) is 65.2 Å². The van der Waals surface area contributed by atoms with Crippen LogP contribution in [0.1, 0.15) is 28.9 Å². The van der Waals surface area contributed by atoms with E-state index in [9.17, 15) is 9.59 Å². The molecule has 1 aromatic carbocycles. The Kier molecular flexibility index (Phi) is 5.04. The fourth-order valence-electron chi connectivity index (χ4n) is 2.30. The van der Waals surface area contributed by atoms with Gasteiger partial charge in [0.2, 0.25) is 0 Å². The fourth-order valence-corrected chi connectivity index (χ4v) is 2.49. The van der Waals surface area contributed by atoms with E-state index in [4.69, 9.17) is 16.7 Å². The Morgan fingerprint density at radius 1 is 1.23 bits per heavy atom. The van der Waals surface area contributed by atoms with Gasteiger partial charge in [0.15, 0.2) is 0 Å². The van der Waals surface area contributed by atoms with Gasteiger partial charge in [0, 0.05) is 17.4 Å². The van der Waals surface area contributed by atoms with Crippen molar-refractivity contribution in [2.24, 2.45) is 0 Å². The molecule has 1 amide bonds. The van der Waals surface area contributed by atoms with Gasteiger partial charge in [0.1, 0.15) is 6.04 Å². The highest BCUT2D eigenvalue weighted by atomic mass is 35.5. The van der Waals surface area contributed by atoms with Gasteiger partial charge in [0.05, 0.1) is 30.2 Å². The van der Waals surface area contributed by atoms with Gasteiger partial charge >= 0.3 is 5.97 Å². The highest BCUT2D eigenvalue weighted by Crippen LogP contribution is 2.17. The van der Waals surface area contributed by atoms with Crippen LogP contribution in [0, 0.1) is 0 Å². The number of benzene rings is 1. The third-order valence-electron chi connectivity index (χ3n) is 3.80. The molecule has 1 unspecified atom stereocenters. The first kappa shape index (κ1) is 17.7. The average Bonchev–Trinajstić information content (AvgIpc) is 3.26. The number of hydrogen-bond acceptors (Lipinski definition) is 4. The van der Waals surface area contributed by atoms with Crippen molar-refractivity contribution in [2.45, 2.75) is 19.5 Å². The third kappa shape index (κ3) is 3.92. The molecule has 3 rings (SSSR count). The van der Waals surface area contributed by atoms with E-state index in [0.29, 0.717) is 17.3 Å². The minimum atomic E-state index is -1.03. The summed E-state index contributed by atoms with van der Waals surface area (Å²) in [5, 5.41) is 20.4. The molecule has 0 radical (unpaired) electrons. The monoisotopic (exact) mass is 373 g/mol. The van der Waals surface area contributed by atoms with E-state index in [1.807, 2.05) is 18.2 Å². The van der Waals surface area contributed by atoms with Gasteiger partial charge in [-0.25, -0.2) is 4.79 Å². The molecule has 0 saturated heterocycles. The average molecular weight is 374 g/mol. The van der Waals surface area contributed by atoms with Gasteiger partial charge in [-0.05, 0) is 18.6 Å². The zero-order chi connectivity index (χ0) is 18.7. The molecule has 26 heavy (non-hydrogen) atoms. The maximum Gasteiger partial charge on any atom is 0.328 e. The van der Waals surface area contributed by atoms with Gasteiger partial charge in [-0.2, -0.15) is 10.2 Å². The van der Waals surface area contributed by atoms with Gasteiger partial charge in [-0.15, -0.1) is 0 Å². The SMILES string of the molecule is CC(C(=O)O)n1cc(C(=O)Nc2cnn(Cc3ccccc3Cl)c2)cn1. The fraction of sp³-hybridized carbons (Fsp3) is 0.176. The number of aliphatic carboxylic acids is 1. The van der Waals surface area contributed by atoms with E-state index in [1.54, 1.807) is 16.9 Å². The second kappa shape index (κ2) is 7.40. The number of rotatable bonds is 6. The number of amides is 1. The van der Waals surface area contributed by atoms with Crippen LogP contribution in [0.15, 0.2) is 49.1 Å². The van der Waals surface area contributed by atoms with E-state index in [2.05, 4.69) is 15.5 Å². The van der Waals surface area contributed by atoms with Crippen LogP contribution in [0.5, 0.6) is 0 Å². The van der Waals surface area contributed by atoms with Crippen molar-refractivity contribution in [1.29, 1.82) is 0 Å². The summed E-state index contributed by atoms with van der Waals surface area (Å²) in [5.41, 5.74) is 1.69. The van der Waals surface area contributed by atoms with Crippen molar-refractivity contribution in [3.63, 3.8) is 0 Å². The summed E-state index contributed by atoms with van der Waals surface area (Å²) in [6.45, 7) is 1.96. The first-order chi connectivity index (χ1) is 12.4. The summed E-state index contributed by atoms with van der Waals surface area (Å²) in [7, 11) is 0. The van der Waals surface area contributed by atoms with Crippen molar-refractivity contribution < 1.29 is 14.7 Å². The predicted molar refractivity (Wildman–Crippen MR) is 95.3 cm³/mol. The van der Waals surface area contributed by atoms with E-state index >= 15 is 0 Å². The molecule has 134 valence electrons. The quantitative estimate of drug-likeness (QED) is 0.691. The Labute approximate surface area is 154 Å². The van der Waals surface area contributed by atoms with Crippen molar-refractivity contribution in [3.8, 4) is 0 Å². The van der Waals surface area contributed by atoms with Crippen LogP contribution >= 0.6 is 11.6 Å².